The smallest absolute Gasteiger partial charge is 0.126 e. The number of aryl methyl sites for hydroxylation is 1. The van der Waals surface area contributed by atoms with Gasteiger partial charge >= 0.3 is 0 Å². The third-order valence-corrected chi connectivity index (χ3v) is 4.13. The third kappa shape index (κ3) is 2.62. The lowest BCUT2D eigenvalue weighted by Gasteiger charge is -2.16. The zero-order valence-corrected chi connectivity index (χ0v) is 12.4. The largest absolute Gasteiger partial charge is 0.350 e. The zero-order chi connectivity index (χ0) is 15.7. The van der Waals surface area contributed by atoms with E-state index in [0.29, 0.717) is 12.0 Å². The number of aromatic nitrogens is 1. The number of nitrogens with zero attached hydrogens (tertiary/aromatic N) is 1. The number of para-hydroxylation sites is 1. The highest BCUT2D eigenvalue weighted by Gasteiger charge is 2.18. The molecular formula is C18H18F2N2. The average Bonchev–Trinajstić information content (AvgIpc) is 2.84. The monoisotopic (exact) mass is 300 g/mol. The van der Waals surface area contributed by atoms with Crippen LogP contribution in [-0.2, 0) is 13.5 Å². The van der Waals surface area contributed by atoms with E-state index in [9.17, 15) is 8.78 Å². The molecule has 0 radical (unpaired) electrons. The molecule has 2 nitrogen and oxygen atoms in total. The van der Waals surface area contributed by atoms with Gasteiger partial charge in [0.05, 0.1) is 0 Å². The molecule has 3 aromatic rings. The third-order valence-electron chi connectivity index (χ3n) is 4.13. The summed E-state index contributed by atoms with van der Waals surface area (Å²) in [6, 6.07) is 11.6. The molecule has 3 rings (SSSR count). The highest BCUT2D eigenvalue weighted by molar-refractivity contribution is 5.84. The Morgan fingerprint density at radius 3 is 2.68 bits per heavy atom. The summed E-state index contributed by atoms with van der Waals surface area (Å²) in [6.45, 7) is 0.267. The van der Waals surface area contributed by atoms with Gasteiger partial charge < -0.3 is 10.3 Å². The van der Waals surface area contributed by atoms with Crippen molar-refractivity contribution in [2.45, 2.75) is 12.3 Å². The molecule has 0 aliphatic carbocycles. The molecule has 0 fully saturated rings. The molecule has 0 bridgehead atoms. The van der Waals surface area contributed by atoms with Crippen LogP contribution in [0.3, 0.4) is 0 Å². The summed E-state index contributed by atoms with van der Waals surface area (Å²) in [5.74, 6) is -1.09. The minimum absolute atomic E-state index is 0.249. The fraction of sp³-hybridized carbons (Fsp3) is 0.222. The summed E-state index contributed by atoms with van der Waals surface area (Å²) in [7, 11) is 1.98. The van der Waals surface area contributed by atoms with Gasteiger partial charge in [-0.2, -0.15) is 0 Å². The molecule has 1 heterocycles. The second kappa shape index (κ2) is 5.89. The van der Waals surface area contributed by atoms with Gasteiger partial charge in [0.2, 0.25) is 0 Å². The maximum absolute atomic E-state index is 14.0. The van der Waals surface area contributed by atoms with Crippen molar-refractivity contribution >= 4 is 10.9 Å². The Morgan fingerprint density at radius 1 is 1.14 bits per heavy atom. The van der Waals surface area contributed by atoms with Crippen molar-refractivity contribution in [1.82, 2.24) is 4.57 Å². The van der Waals surface area contributed by atoms with Crippen molar-refractivity contribution in [1.29, 1.82) is 0 Å². The van der Waals surface area contributed by atoms with Crippen LogP contribution in [0.4, 0.5) is 8.78 Å². The van der Waals surface area contributed by atoms with Crippen molar-refractivity contribution in [2.75, 3.05) is 6.54 Å². The van der Waals surface area contributed by atoms with Crippen molar-refractivity contribution in [3.8, 4) is 0 Å². The van der Waals surface area contributed by atoms with Gasteiger partial charge in [-0.15, -0.1) is 0 Å². The number of benzene rings is 2. The van der Waals surface area contributed by atoms with Crippen LogP contribution in [0.15, 0.2) is 48.7 Å². The predicted octanol–water partition coefficient (Wildman–Crippen LogP) is 3.74. The van der Waals surface area contributed by atoms with Crippen LogP contribution >= 0.6 is 0 Å². The first-order valence-corrected chi connectivity index (χ1v) is 7.28. The van der Waals surface area contributed by atoms with Crippen LogP contribution < -0.4 is 5.73 Å². The summed E-state index contributed by atoms with van der Waals surface area (Å²) in [6.07, 6.45) is 2.61. The zero-order valence-electron chi connectivity index (χ0n) is 12.4. The molecule has 2 N–H and O–H groups in total. The van der Waals surface area contributed by atoms with Gasteiger partial charge in [0.25, 0.3) is 0 Å². The van der Waals surface area contributed by atoms with Crippen molar-refractivity contribution < 1.29 is 8.78 Å². The molecule has 0 saturated heterocycles. The Bertz CT molecular complexity index is 808. The first-order chi connectivity index (χ1) is 10.6. The summed E-state index contributed by atoms with van der Waals surface area (Å²) < 4.78 is 29.5. The molecule has 0 amide bonds. The van der Waals surface area contributed by atoms with Crippen LogP contribution in [0, 0.1) is 11.6 Å². The molecule has 0 saturated carbocycles. The number of hydrogen-bond acceptors (Lipinski definition) is 1. The Labute approximate surface area is 128 Å². The van der Waals surface area contributed by atoms with E-state index < -0.39 is 11.6 Å². The lowest BCUT2D eigenvalue weighted by atomic mass is 9.91. The van der Waals surface area contributed by atoms with E-state index in [2.05, 4.69) is 0 Å². The number of halogens is 2. The normalized spacial score (nSPS) is 12.7. The SMILES string of the molecule is Cn1cc(CC(CN)c2cc(F)ccc2F)c2ccccc21. The minimum Gasteiger partial charge on any atom is -0.350 e. The number of rotatable bonds is 4. The lowest BCUT2D eigenvalue weighted by molar-refractivity contribution is 0.558. The average molecular weight is 300 g/mol. The van der Waals surface area contributed by atoms with Crippen molar-refractivity contribution in [3.63, 3.8) is 0 Å². The molecule has 22 heavy (non-hydrogen) atoms. The van der Waals surface area contributed by atoms with Crippen molar-refractivity contribution in [3.05, 3.63) is 71.4 Å². The molecule has 0 aliphatic rings. The molecule has 1 atom stereocenters. The summed E-state index contributed by atoms with van der Waals surface area (Å²) >= 11 is 0. The van der Waals surface area contributed by atoms with E-state index in [1.165, 1.54) is 6.07 Å². The van der Waals surface area contributed by atoms with E-state index in [1.54, 1.807) is 0 Å². The highest BCUT2D eigenvalue weighted by Crippen LogP contribution is 2.28. The maximum atomic E-state index is 14.0. The van der Waals surface area contributed by atoms with Crippen LogP contribution in [0.1, 0.15) is 17.0 Å². The fourth-order valence-corrected chi connectivity index (χ4v) is 3.00. The summed E-state index contributed by atoms with van der Waals surface area (Å²) in [5.41, 5.74) is 8.38. The quantitative estimate of drug-likeness (QED) is 0.782. The molecule has 0 spiro atoms. The second-order valence-electron chi connectivity index (χ2n) is 5.58. The first-order valence-electron chi connectivity index (χ1n) is 7.28. The molecule has 114 valence electrons. The predicted molar refractivity (Wildman–Crippen MR) is 84.8 cm³/mol. The Morgan fingerprint density at radius 2 is 1.91 bits per heavy atom. The topological polar surface area (TPSA) is 30.9 Å². The van der Waals surface area contributed by atoms with Gasteiger partial charge in [0.15, 0.2) is 0 Å². The maximum Gasteiger partial charge on any atom is 0.126 e. The van der Waals surface area contributed by atoms with Gasteiger partial charge in [0.1, 0.15) is 11.6 Å². The van der Waals surface area contributed by atoms with Crippen LogP contribution in [0.25, 0.3) is 10.9 Å². The van der Waals surface area contributed by atoms with E-state index in [4.69, 9.17) is 5.73 Å². The minimum atomic E-state index is -0.437. The van der Waals surface area contributed by atoms with Crippen molar-refractivity contribution in [2.24, 2.45) is 12.8 Å². The van der Waals surface area contributed by atoms with Crippen LogP contribution in [0.5, 0.6) is 0 Å². The number of hydrogen-bond donors (Lipinski definition) is 1. The first kappa shape index (κ1) is 14.7. The van der Waals surface area contributed by atoms with Gasteiger partial charge in [-0.1, -0.05) is 18.2 Å². The van der Waals surface area contributed by atoms with Gasteiger partial charge in [-0.25, -0.2) is 8.78 Å². The van der Waals surface area contributed by atoms with E-state index in [-0.39, 0.29) is 12.5 Å². The summed E-state index contributed by atoms with van der Waals surface area (Å²) in [4.78, 5) is 0. The van der Waals surface area contributed by atoms with Crippen LogP contribution in [-0.4, -0.2) is 11.1 Å². The molecular weight excluding hydrogens is 282 g/mol. The fourth-order valence-electron chi connectivity index (χ4n) is 3.00. The van der Waals surface area contributed by atoms with E-state index >= 15 is 0 Å². The van der Waals surface area contributed by atoms with E-state index in [0.717, 1.165) is 28.6 Å². The Kier molecular flexibility index (Phi) is 3.94. The Hall–Kier alpha value is -2.20. The molecule has 0 aliphatic heterocycles. The van der Waals surface area contributed by atoms with Gasteiger partial charge in [-0.05, 0) is 48.4 Å². The number of fused-ring (bicyclic) bond motifs is 1. The standard InChI is InChI=1S/C18H18F2N2/c1-22-11-13(15-4-2-3-5-18(15)22)8-12(10-21)16-9-14(19)6-7-17(16)20/h2-7,9,11-12H,8,10,21H2,1H3. The molecule has 4 heteroatoms. The highest BCUT2D eigenvalue weighted by atomic mass is 19.1. The molecule has 1 aromatic heterocycles. The van der Waals surface area contributed by atoms with Gasteiger partial charge in [-0.3, -0.25) is 0 Å². The lowest BCUT2D eigenvalue weighted by Crippen LogP contribution is -2.16. The van der Waals surface area contributed by atoms with Gasteiger partial charge in [0, 0.05) is 30.1 Å². The number of nitrogens with two attached hydrogens (primary N) is 1. The second-order valence-corrected chi connectivity index (χ2v) is 5.58. The molecule has 1 unspecified atom stereocenters. The Balaban J connectivity index is 2.00. The van der Waals surface area contributed by atoms with E-state index in [1.807, 2.05) is 42.1 Å². The van der Waals surface area contributed by atoms with Crippen LogP contribution in [0.2, 0.25) is 0 Å². The summed E-state index contributed by atoms with van der Waals surface area (Å²) in [5, 5.41) is 1.13. The molecule has 2 aromatic carbocycles.